The van der Waals surface area contributed by atoms with Crippen molar-refractivity contribution in [2.75, 3.05) is 30.5 Å². The molecule has 0 radical (unpaired) electrons. The van der Waals surface area contributed by atoms with Crippen LogP contribution in [0.25, 0.3) is 0 Å². The van der Waals surface area contributed by atoms with Crippen LogP contribution in [0, 0.1) is 5.41 Å². The zero-order valence-electron chi connectivity index (χ0n) is 11.6. The Morgan fingerprint density at radius 3 is 3.05 bits per heavy atom. The number of anilines is 2. The van der Waals surface area contributed by atoms with Gasteiger partial charge in [-0.05, 0) is 25.1 Å². The highest BCUT2D eigenvalue weighted by molar-refractivity contribution is 5.99. The lowest BCUT2D eigenvalue weighted by molar-refractivity contribution is -0.125. The number of fused-ring (bicyclic) bond motifs is 1. The first kappa shape index (κ1) is 13.8. The molecule has 1 fully saturated rings. The third-order valence-corrected chi connectivity index (χ3v) is 3.91. The van der Waals surface area contributed by atoms with Crippen LogP contribution in [0.1, 0.15) is 6.92 Å². The van der Waals surface area contributed by atoms with E-state index in [1.54, 1.807) is 25.1 Å². The smallest absolute Gasteiger partial charge is 0.262 e. The molecule has 7 heteroatoms. The molecule has 21 heavy (non-hydrogen) atoms. The minimum absolute atomic E-state index is 0.00295. The Balaban J connectivity index is 1.78. The van der Waals surface area contributed by atoms with Gasteiger partial charge in [0.15, 0.2) is 6.61 Å². The van der Waals surface area contributed by atoms with Gasteiger partial charge in [0.2, 0.25) is 5.91 Å². The number of carbonyl (C=O) groups excluding carboxylic acids is 2. The number of amides is 2. The molecule has 2 amide bonds. The second-order valence-corrected chi connectivity index (χ2v) is 5.54. The van der Waals surface area contributed by atoms with Gasteiger partial charge in [-0.25, -0.2) is 0 Å². The van der Waals surface area contributed by atoms with Crippen molar-refractivity contribution in [3.63, 3.8) is 0 Å². The molecule has 0 saturated carbocycles. The molecule has 1 saturated heterocycles. The standard InChI is InChI=1S/C14H17N3O4/c1-14(7-20-5-11(14)15)13(19)16-8-2-3-10-9(4-8)17-12(18)6-21-10/h2-4,11H,5-7,15H2,1H3,(H,16,19)(H,17,18). The Kier molecular flexibility index (Phi) is 3.30. The lowest BCUT2D eigenvalue weighted by atomic mass is 9.85. The van der Waals surface area contributed by atoms with Gasteiger partial charge in [0.05, 0.1) is 24.3 Å². The lowest BCUT2D eigenvalue weighted by Gasteiger charge is -2.26. The molecule has 112 valence electrons. The zero-order valence-corrected chi connectivity index (χ0v) is 11.6. The van der Waals surface area contributed by atoms with Gasteiger partial charge in [0, 0.05) is 11.7 Å². The van der Waals surface area contributed by atoms with Crippen LogP contribution in [-0.4, -0.2) is 37.7 Å². The van der Waals surface area contributed by atoms with Gasteiger partial charge < -0.3 is 25.8 Å². The summed E-state index contributed by atoms with van der Waals surface area (Å²) < 4.78 is 10.5. The number of hydrogen-bond donors (Lipinski definition) is 3. The van der Waals surface area contributed by atoms with Crippen molar-refractivity contribution in [3.05, 3.63) is 18.2 Å². The van der Waals surface area contributed by atoms with Crippen molar-refractivity contribution in [3.8, 4) is 5.75 Å². The van der Waals surface area contributed by atoms with Crippen molar-refractivity contribution in [2.24, 2.45) is 11.1 Å². The van der Waals surface area contributed by atoms with E-state index >= 15 is 0 Å². The first-order valence-electron chi connectivity index (χ1n) is 6.70. The van der Waals surface area contributed by atoms with Crippen LogP contribution in [0.4, 0.5) is 11.4 Å². The predicted molar refractivity (Wildman–Crippen MR) is 76.1 cm³/mol. The molecule has 0 bridgehead atoms. The van der Waals surface area contributed by atoms with Crippen molar-refractivity contribution >= 4 is 23.2 Å². The van der Waals surface area contributed by atoms with E-state index in [0.29, 0.717) is 30.3 Å². The van der Waals surface area contributed by atoms with E-state index in [1.807, 2.05) is 0 Å². The largest absolute Gasteiger partial charge is 0.482 e. The van der Waals surface area contributed by atoms with Crippen molar-refractivity contribution < 1.29 is 19.1 Å². The maximum absolute atomic E-state index is 12.4. The molecule has 0 aliphatic carbocycles. The van der Waals surface area contributed by atoms with Crippen LogP contribution in [0.15, 0.2) is 18.2 Å². The molecular weight excluding hydrogens is 274 g/mol. The summed E-state index contributed by atoms with van der Waals surface area (Å²) in [4.78, 5) is 23.7. The SMILES string of the molecule is CC1(C(=O)Nc2ccc3c(c2)NC(=O)CO3)COCC1N. The fourth-order valence-corrected chi connectivity index (χ4v) is 2.36. The summed E-state index contributed by atoms with van der Waals surface area (Å²) in [5.41, 5.74) is 6.30. The van der Waals surface area contributed by atoms with Gasteiger partial charge in [-0.3, -0.25) is 9.59 Å². The third-order valence-electron chi connectivity index (χ3n) is 3.91. The summed E-state index contributed by atoms with van der Waals surface area (Å²) in [5.74, 6) is 0.166. The number of ether oxygens (including phenoxy) is 2. The maximum atomic E-state index is 12.4. The molecule has 2 atom stereocenters. The highest BCUT2D eigenvalue weighted by Crippen LogP contribution is 2.32. The maximum Gasteiger partial charge on any atom is 0.262 e. The normalized spacial score (nSPS) is 27.5. The molecule has 2 aliphatic rings. The fraction of sp³-hybridized carbons (Fsp3) is 0.429. The third kappa shape index (κ3) is 2.45. The summed E-state index contributed by atoms with van der Waals surface area (Å²) in [6, 6.07) is 4.75. The predicted octanol–water partition coefficient (Wildman–Crippen LogP) is 0.320. The highest BCUT2D eigenvalue weighted by atomic mass is 16.5. The van der Waals surface area contributed by atoms with Crippen LogP contribution in [-0.2, 0) is 14.3 Å². The lowest BCUT2D eigenvalue weighted by Crippen LogP contribution is -2.47. The number of nitrogens with one attached hydrogen (secondary N) is 2. The number of benzene rings is 1. The second-order valence-electron chi connectivity index (χ2n) is 5.54. The minimum Gasteiger partial charge on any atom is -0.482 e. The van der Waals surface area contributed by atoms with Gasteiger partial charge in [0.25, 0.3) is 5.91 Å². The average Bonchev–Trinajstić information content (AvgIpc) is 2.79. The minimum atomic E-state index is -0.754. The molecule has 0 aromatic heterocycles. The Morgan fingerprint density at radius 1 is 1.52 bits per heavy atom. The molecule has 0 spiro atoms. The van der Waals surface area contributed by atoms with E-state index in [9.17, 15) is 9.59 Å². The van der Waals surface area contributed by atoms with Gasteiger partial charge >= 0.3 is 0 Å². The summed E-state index contributed by atoms with van der Waals surface area (Å²) >= 11 is 0. The number of carbonyl (C=O) groups is 2. The molecule has 1 aromatic carbocycles. The molecule has 2 unspecified atom stereocenters. The van der Waals surface area contributed by atoms with E-state index in [4.69, 9.17) is 15.2 Å². The van der Waals surface area contributed by atoms with E-state index < -0.39 is 5.41 Å². The summed E-state index contributed by atoms with van der Waals surface area (Å²) in [5, 5.41) is 5.51. The Hall–Kier alpha value is -2.12. The topological polar surface area (TPSA) is 103 Å². The number of rotatable bonds is 2. The van der Waals surface area contributed by atoms with Crippen molar-refractivity contribution in [1.82, 2.24) is 0 Å². The van der Waals surface area contributed by atoms with Crippen LogP contribution in [0.3, 0.4) is 0 Å². The van der Waals surface area contributed by atoms with E-state index in [-0.39, 0.29) is 24.5 Å². The molecule has 2 heterocycles. The molecular formula is C14H17N3O4. The summed E-state index contributed by atoms with van der Waals surface area (Å²) in [7, 11) is 0. The van der Waals surface area contributed by atoms with Crippen LogP contribution in [0.5, 0.6) is 5.75 Å². The fourth-order valence-electron chi connectivity index (χ4n) is 2.36. The number of hydrogen-bond acceptors (Lipinski definition) is 5. The first-order valence-corrected chi connectivity index (χ1v) is 6.70. The Morgan fingerprint density at radius 2 is 2.33 bits per heavy atom. The second kappa shape index (κ2) is 5.01. The number of nitrogens with two attached hydrogens (primary N) is 1. The van der Waals surface area contributed by atoms with Gasteiger partial charge in [-0.15, -0.1) is 0 Å². The monoisotopic (exact) mass is 291 g/mol. The summed E-state index contributed by atoms with van der Waals surface area (Å²) in [6.45, 7) is 2.45. The average molecular weight is 291 g/mol. The molecule has 4 N–H and O–H groups in total. The first-order chi connectivity index (χ1) is 9.99. The highest BCUT2D eigenvalue weighted by Gasteiger charge is 2.44. The molecule has 7 nitrogen and oxygen atoms in total. The quantitative estimate of drug-likeness (QED) is 0.728. The van der Waals surface area contributed by atoms with Crippen LogP contribution < -0.4 is 21.1 Å². The molecule has 3 rings (SSSR count). The van der Waals surface area contributed by atoms with Crippen molar-refractivity contribution in [1.29, 1.82) is 0 Å². The van der Waals surface area contributed by atoms with Crippen LogP contribution in [0.2, 0.25) is 0 Å². The van der Waals surface area contributed by atoms with E-state index in [1.165, 1.54) is 0 Å². The van der Waals surface area contributed by atoms with Crippen molar-refractivity contribution in [2.45, 2.75) is 13.0 Å². The van der Waals surface area contributed by atoms with Gasteiger partial charge in [0.1, 0.15) is 5.75 Å². The Bertz CT molecular complexity index is 604. The molecule has 2 aliphatic heterocycles. The summed E-state index contributed by atoms with van der Waals surface area (Å²) in [6.07, 6.45) is 0. The van der Waals surface area contributed by atoms with Gasteiger partial charge in [-0.1, -0.05) is 0 Å². The van der Waals surface area contributed by atoms with E-state index in [0.717, 1.165) is 0 Å². The molecule has 1 aromatic rings. The van der Waals surface area contributed by atoms with E-state index in [2.05, 4.69) is 10.6 Å². The van der Waals surface area contributed by atoms with Crippen LogP contribution >= 0.6 is 0 Å². The van der Waals surface area contributed by atoms with Gasteiger partial charge in [-0.2, -0.15) is 0 Å². The zero-order chi connectivity index (χ0) is 15.0. The Labute approximate surface area is 121 Å².